The molecule has 28 heteroatoms. The molecule has 0 aromatic carbocycles. The first kappa shape index (κ1) is 55.1. The lowest BCUT2D eigenvalue weighted by Crippen LogP contribution is -2.68. The Morgan fingerprint density at radius 2 is 1.23 bits per heavy atom. The van der Waals surface area contributed by atoms with Crippen LogP contribution in [0.25, 0.3) is 0 Å². The van der Waals surface area contributed by atoms with Gasteiger partial charge in [0.05, 0.1) is 50.8 Å². The van der Waals surface area contributed by atoms with Gasteiger partial charge in [-0.2, -0.15) is 0 Å². The fourth-order valence-corrected chi connectivity index (χ4v) is 7.83. The Hall–Kier alpha value is -2.47. The van der Waals surface area contributed by atoms with Crippen molar-refractivity contribution in [2.45, 2.75) is 173 Å². The van der Waals surface area contributed by atoms with Gasteiger partial charge in [0, 0.05) is 32.8 Å². The van der Waals surface area contributed by atoms with Crippen LogP contribution >= 0.6 is 0 Å². The van der Waals surface area contributed by atoms with Gasteiger partial charge in [-0.05, 0) is 25.8 Å². The summed E-state index contributed by atoms with van der Waals surface area (Å²) in [5.41, 5.74) is 5.49. The van der Waals surface area contributed by atoms with Crippen molar-refractivity contribution in [2.24, 2.45) is 5.73 Å². The summed E-state index contributed by atoms with van der Waals surface area (Å²) in [6.07, 6.45) is -34.7. The summed E-state index contributed by atoms with van der Waals surface area (Å²) in [5, 5.41) is 159. The standard InChI is InChI=1S/C37H64N2O26/c1-14(42)39-22-16(43)9-37(35(56)57,65-31(22)24(47)18(45)11-41)60-13-21-26(49)28(51)30(53)33(63-21)61-15-7-19(23(46)17(44)10-40)64-36(8-15,34(54)55)59-12-20-25(48)27(50)29(52)32(62-20)58-6-4-2-3-5-38/h15-33,40-41,43-53H,2-13,38H2,1H3,(H,39,42)(H,54,55)(H,56,57)/t15-,16+,17+,18+,19?,20?,21?,22+,23+,24+,25-,26-,27-,28-,29?,30?,31?,32-,33-,36+,37+/m0/s1. The average molecular weight is 953 g/mol. The predicted octanol–water partition coefficient (Wildman–Crippen LogP) is -9.01. The highest BCUT2D eigenvalue weighted by atomic mass is 16.8. The van der Waals surface area contributed by atoms with Crippen LogP contribution in [-0.4, -0.2) is 262 Å². The second kappa shape index (κ2) is 24.2. The fourth-order valence-electron chi connectivity index (χ4n) is 7.83. The van der Waals surface area contributed by atoms with E-state index in [0.29, 0.717) is 25.8 Å². The number of aliphatic carboxylic acids is 2. The molecule has 1 amide bonds. The minimum atomic E-state index is -2.94. The lowest BCUT2D eigenvalue weighted by Gasteiger charge is -2.48. The van der Waals surface area contributed by atoms with Crippen LogP contribution in [0.4, 0.5) is 0 Å². The molecule has 0 radical (unpaired) electrons. The molecular weight excluding hydrogens is 888 g/mol. The molecule has 0 aromatic heterocycles. The van der Waals surface area contributed by atoms with Gasteiger partial charge in [-0.15, -0.1) is 0 Å². The van der Waals surface area contributed by atoms with Gasteiger partial charge in [-0.25, -0.2) is 9.59 Å². The van der Waals surface area contributed by atoms with Gasteiger partial charge in [0.1, 0.15) is 79.4 Å². The zero-order chi connectivity index (χ0) is 48.6. The number of carbonyl (C=O) groups is 3. The number of unbranched alkanes of at least 4 members (excludes halogenated alkanes) is 2. The maximum atomic E-state index is 13.0. The van der Waals surface area contributed by atoms with Crippen LogP contribution in [-0.2, 0) is 52.3 Å². The molecule has 0 aromatic rings. The van der Waals surface area contributed by atoms with Gasteiger partial charge >= 0.3 is 11.9 Å². The van der Waals surface area contributed by atoms with Gasteiger partial charge in [0.2, 0.25) is 5.91 Å². The number of amides is 1. The number of nitrogens with one attached hydrogen (secondary N) is 1. The quantitative estimate of drug-likeness (QED) is 0.0423. The molecule has 4 heterocycles. The summed E-state index contributed by atoms with van der Waals surface area (Å²) in [7, 11) is 0. The van der Waals surface area contributed by atoms with Gasteiger partial charge < -0.3 is 126 Å². The van der Waals surface area contributed by atoms with Crippen molar-refractivity contribution >= 4 is 17.8 Å². The minimum absolute atomic E-state index is 0.0403. The van der Waals surface area contributed by atoms with E-state index in [9.17, 15) is 91.0 Å². The monoisotopic (exact) mass is 952 g/mol. The van der Waals surface area contributed by atoms with Gasteiger partial charge in [-0.1, -0.05) is 0 Å². The number of carboxylic acids is 2. The van der Waals surface area contributed by atoms with E-state index in [2.05, 4.69) is 5.32 Å². The lowest BCUT2D eigenvalue weighted by molar-refractivity contribution is -0.361. The largest absolute Gasteiger partial charge is 0.477 e. The number of ether oxygens (including phenoxy) is 8. The minimum Gasteiger partial charge on any atom is -0.477 e. The average Bonchev–Trinajstić information content (AvgIpc) is 3.27. The van der Waals surface area contributed by atoms with Crippen LogP contribution in [0.1, 0.15) is 45.4 Å². The summed E-state index contributed by atoms with van der Waals surface area (Å²) < 4.78 is 45.1. The Morgan fingerprint density at radius 1 is 0.708 bits per heavy atom. The van der Waals surface area contributed by atoms with Crippen molar-refractivity contribution in [1.82, 2.24) is 5.32 Å². The van der Waals surface area contributed by atoms with E-state index in [0.717, 1.165) is 6.92 Å². The van der Waals surface area contributed by atoms with Crippen LogP contribution in [0, 0.1) is 0 Å². The lowest BCUT2D eigenvalue weighted by atomic mass is 9.88. The molecule has 4 rings (SSSR count). The molecule has 0 spiro atoms. The summed E-state index contributed by atoms with van der Waals surface area (Å²) in [6, 6.07) is -1.56. The smallest absolute Gasteiger partial charge is 0.364 e. The number of carboxylic acid groups (broad SMARTS) is 2. The highest BCUT2D eigenvalue weighted by molar-refractivity contribution is 5.77. The number of carbonyl (C=O) groups excluding carboxylic acids is 1. The second-order valence-electron chi connectivity index (χ2n) is 16.4. The highest BCUT2D eigenvalue weighted by Crippen LogP contribution is 2.39. The van der Waals surface area contributed by atoms with E-state index in [4.69, 9.17) is 43.6 Å². The Labute approximate surface area is 370 Å². The number of nitrogens with two attached hydrogens (primary N) is 1. The Balaban J connectivity index is 1.56. The third-order valence-electron chi connectivity index (χ3n) is 11.6. The van der Waals surface area contributed by atoms with Crippen LogP contribution in [0.3, 0.4) is 0 Å². The van der Waals surface area contributed by atoms with Crippen molar-refractivity contribution in [2.75, 3.05) is 39.6 Å². The van der Waals surface area contributed by atoms with Crippen molar-refractivity contribution in [3.63, 3.8) is 0 Å². The fraction of sp³-hybridized carbons (Fsp3) is 0.919. The van der Waals surface area contributed by atoms with E-state index in [1.807, 2.05) is 0 Å². The normalized spacial score (nSPS) is 40.9. The number of hydrogen-bond donors (Lipinski definition) is 17. The van der Waals surface area contributed by atoms with Gasteiger partial charge in [0.15, 0.2) is 12.6 Å². The molecule has 21 atom stereocenters. The number of hydrogen-bond acceptors (Lipinski definition) is 25. The van der Waals surface area contributed by atoms with E-state index in [1.54, 1.807) is 0 Å². The molecule has 0 aliphatic carbocycles. The van der Waals surface area contributed by atoms with Crippen LogP contribution < -0.4 is 11.1 Å². The van der Waals surface area contributed by atoms with E-state index < -0.39 is 191 Å². The van der Waals surface area contributed by atoms with E-state index in [-0.39, 0.29) is 6.61 Å². The molecule has 4 fully saturated rings. The molecule has 65 heavy (non-hydrogen) atoms. The van der Waals surface area contributed by atoms with Crippen molar-refractivity contribution < 1.29 is 129 Å². The molecular formula is C37H64N2O26. The first-order valence-electron chi connectivity index (χ1n) is 20.9. The summed E-state index contributed by atoms with van der Waals surface area (Å²) in [6.45, 7) is -2.59. The molecule has 4 aliphatic heterocycles. The highest BCUT2D eigenvalue weighted by Gasteiger charge is 2.58. The molecule has 0 bridgehead atoms. The molecule has 4 aliphatic rings. The topological polar surface area (TPSA) is 467 Å². The summed E-state index contributed by atoms with van der Waals surface area (Å²) in [4.78, 5) is 37.6. The van der Waals surface area contributed by atoms with Gasteiger partial charge in [-0.3, -0.25) is 4.79 Å². The number of rotatable bonds is 23. The first-order valence-corrected chi connectivity index (χ1v) is 20.9. The maximum absolute atomic E-state index is 13.0. The van der Waals surface area contributed by atoms with Crippen LogP contribution in [0.15, 0.2) is 0 Å². The van der Waals surface area contributed by atoms with E-state index in [1.165, 1.54) is 0 Å². The Kier molecular flexibility index (Phi) is 20.5. The molecule has 6 unspecified atom stereocenters. The van der Waals surface area contributed by atoms with Gasteiger partial charge in [0.25, 0.3) is 11.6 Å². The zero-order valence-electron chi connectivity index (χ0n) is 35.2. The van der Waals surface area contributed by atoms with Crippen LogP contribution in [0.2, 0.25) is 0 Å². The first-order chi connectivity index (χ1) is 30.6. The molecule has 0 saturated carbocycles. The molecule has 28 nitrogen and oxygen atoms in total. The number of aliphatic hydroxyl groups excluding tert-OH is 13. The SMILES string of the molecule is CC(=O)N[C@H]1C([C@H](O)[C@H](O)CO)O[C@@](OCC2O[C@H](O[C@H]3CC([C@H](O)[C@H](O)CO)O[C@@](OCC4O[C@H](OCCCCCN)C(O)[C@@H](O)[C@H]4O)(C(=O)O)C3)C(O)[C@@H](O)[C@H]2O)(C(=O)O)C[C@H]1O. The molecule has 4 saturated heterocycles. The molecule has 18 N–H and O–H groups in total. The van der Waals surface area contributed by atoms with Crippen molar-refractivity contribution in [3.05, 3.63) is 0 Å². The third kappa shape index (κ3) is 13.2. The summed E-state index contributed by atoms with van der Waals surface area (Å²) >= 11 is 0. The van der Waals surface area contributed by atoms with Crippen molar-refractivity contribution in [3.8, 4) is 0 Å². The Morgan fingerprint density at radius 3 is 1.75 bits per heavy atom. The third-order valence-corrected chi connectivity index (χ3v) is 11.6. The molecule has 378 valence electrons. The maximum Gasteiger partial charge on any atom is 0.364 e. The predicted molar refractivity (Wildman–Crippen MR) is 205 cm³/mol. The van der Waals surface area contributed by atoms with E-state index >= 15 is 0 Å². The number of aliphatic hydroxyl groups is 13. The van der Waals surface area contributed by atoms with Crippen molar-refractivity contribution in [1.29, 1.82) is 0 Å². The summed E-state index contributed by atoms with van der Waals surface area (Å²) in [5.74, 6) is -10.4. The zero-order valence-corrected chi connectivity index (χ0v) is 35.2. The second-order valence-corrected chi connectivity index (χ2v) is 16.4. The Bertz CT molecular complexity index is 1520. The van der Waals surface area contributed by atoms with Crippen LogP contribution in [0.5, 0.6) is 0 Å².